The molecule has 6 N–H and O–H groups in total. The second-order valence-electron chi connectivity index (χ2n) is 7.54. The topological polar surface area (TPSA) is 247 Å². The van der Waals surface area contributed by atoms with E-state index in [-0.39, 0.29) is 16.7 Å². The third-order valence-electron chi connectivity index (χ3n) is 4.92. The van der Waals surface area contributed by atoms with Gasteiger partial charge in [0.2, 0.25) is 15.8 Å². The van der Waals surface area contributed by atoms with Gasteiger partial charge in [-0.1, -0.05) is 12.1 Å². The minimum Gasteiger partial charge on any atom is -0.439 e. The van der Waals surface area contributed by atoms with Crippen LogP contribution in [0.2, 0.25) is 0 Å². The van der Waals surface area contributed by atoms with Crippen LogP contribution in [0.1, 0.15) is 0 Å². The number of nitrogens with two attached hydrogens (primary N) is 2. The number of rotatable bonds is 7. The molecule has 1 unspecified atom stereocenters. The number of oxazole rings is 1. The minimum absolute atomic E-state index is 0.00655. The summed E-state index contributed by atoms with van der Waals surface area (Å²) < 4.78 is 98.0. The Morgan fingerprint density at radius 1 is 1.16 bits per heavy atom. The second-order valence-corrected chi connectivity index (χ2v) is 11.0. The van der Waals surface area contributed by atoms with Crippen LogP contribution in [0.4, 0.5) is 13.2 Å². The van der Waals surface area contributed by atoms with Gasteiger partial charge in [-0.25, -0.2) is 31.6 Å². The number of sulfone groups is 1. The van der Waals surface area contributed by atoms with Crippen LogP contribution in [0.15, 0.2) is 49.3 Å². The summed E-state index contributed by atoms with van der Waals surface area (Å²) >= 11 is 0. The fourth-order valence-corrected chi connectivity index (χ4v) is 6.38. The van der Waals surface area contributed by atoms with Gasteiger partial charge in [0.05, 0.1) is 16.0 Å². The lowest BCUT2D eigenvalue weighted by Gasteiger charge is -2.18. The number of nitrogens with zero attached hydrogens (tertiary/aromatic N) is 3. The van der Waals surface area contributed by atoms with Gasteiger partial charge in [0.15, 0.2) is 21.6 Å². The van der Waals surface area contributed by atoms with Crippen LogP contribution in [0, 0.1) is 0 Å². The van der Waals surface area contributed by atoms with Crippen LogP contribution in [0.3, 0.4) is 0 Å². The van der Waals surface area contributed by atoms with Crippen molar-refractivity contribution in [1.82, 2.24) is 25.6 Å². The van der Waals surface area contributed by atoms with Gasteiger partial charge in [0.1, 0.15) is 10.6 Å². The Morgan fingerprint density at radius 2 is 1.87 bits per heavy atom. The van der Waals surface area contributed by atoms with E-state index in [1.54, 1.807) is 0 Å². The number of benzene rings is 2. The molecule has 15 nitrogen and oxygen atoms in total. The molecule has 0 aliphatic rings. The maximum absolute atomic E-state index is 13.1. The lowest BCUT2D eigenvalue weighted by atomic mass is 9.99. The van der Waals surface area contributed by atoms with E-state index in [1.165, 1.54) is 18.2 Å². The number of aromatic nitrogens is 5. The van der Waals surface area contributed by atoms with E-state index in [0.717, 1.165) is 12.1 Å². The standard InChI is InChI=1S/C18H14F3N7O8S2/c19-18(20,21)16(29)36-12(22)6-37(31,32)11-4-2-8(7-1-3-9-10(5-7)35-17(30)24-9)13(14(11)38(23,33)34)15-25-27-28-26-15/h1-5,12H,6,22H2,(H,24,30)(H2,23,33,34)(H,25,26,27,28). The van der Waals surface area contributed by atoms with Crippen molar-refractivity contribution in [2.45, 2.75) is 22.2 Å². The third-order valence-corrected chi connectivity index (χ3v) is 7.82. The zero-order chi connectivity index (χ0) is 28.0. The molecule has 20 heteroatoms. The lowest BCUT2D eigenvalue weighted by molar-refractivity contribution is -0.203. The first-order valence-electron chi connectivity index (χ1n) is 9.91. The van der Waals surface area contributed by atoms with E-state index < -0.39 is 70.9 Å². The van der Waals surface area contributed by atoms with Gasteiger partial charge in [-0.15, -0.1) is 10.2 Å². The van der Waals surface area contributed by atoms with Crippen molar-refractivity contribution in [2.24, 2.45) is 10.9 Å². The number of tetrazole rings is 1. The smallest absolute Gasteiger partial charge is 0.439 e. The monoisotopic (exact) mass is 577 g/mol. The van der Waals surface area contributed by atoms with Crippen molar-refractivity contribution in [3.05, 3.63) is 40.9 Å². The van der Waals surface area contributed by atoms with Crippen molar-refractivity contribution in [2.75, 3.05) is 5.75 Å². The van der Waals surface area contributed by atoms with E-state index in [1.807, 2.05) is 0 Å². The zero-order valence-corrected chi connectivity index (χ0v) is 20.0. The summed E-state index contributed by atoms with van der Waals surface area (Å²) in [4.78, 5) is 22.9. The first kappa shape index (κ1) is 26.9. The highest BCUT2D eigenvalue weighted by Gasteiger charge is 2.43. The Kier molecular flexibility index (Phi) is 6.59. The number of hydrogen-bond acceptors (Lipinski definition) is 12. The molecule has 0 spiro atoms. The van der Waals surface area contributed by atoms with E-state index in [0.29, 0.717) is 5.52 Å². The molecule has 0 bridgehead atoms. The van der Waals surface area contributed by atoms with Gasteiger partial charge in [0, 0.05) is 0 Å². The predicted molar refractivity (Wildman–Crippen MR) is 119 cm³/mol. The summed E-state index contributed by atoms with van der Waals surface area (Å²) in [6.45, 7) is 0. The van der Waals surface area contributed by atoms with Gasteiger partial charge in [-0.3, -0.25) is 10.7 Å². The van der Waals surface area contributed by atoms with E-state index >= 15 is 0 Å². The SMILES string of the molecule is NC(CS(=O)(=O)c1ccc(-c2ccc3[nH]c(=O)oc3c2)c(-c2nn[nH]n2)c1S(N)(=O)=O)OC(=O)C(F)(F)F. The number of primary sulfonamides is 1. The number of hydrogen-bond donors (Lipinski definition) is 4. The number of carbonyl (C=O) groups excluding carboxylic acids is 1. The highest BCUT2D eigenvalue weighted by atomic mass is 32.2. The Hall–Kier alpha value is -4.14. The fraction of sp³-hybridized carbons (Fsp3) is 0.167. The van der Waals surface area contributed by atoms with E-state index in [4.69, 9.17) is 15.3 Å². The van der Waals surface area contributed by atoms with Crippen LogP contribution in [-0.2, 0) is 29.4 Å². The average molecular weight is 577 g/mol. The molecule has 0 saturated carbocycles. The van der Waals surface area contributed by atoms with Gasteiger partial charge >= 0.3 is 17.9 Å². The molecule has 0 aliphatic carbocycles. The van der Waals surface area contributed by atoms with Crippen molar-refractivity contribution in [1.29, 1.82) is 0 Å². The molecule has 0 fully saturated rings. The molecule has 4 rings (SSSR count). The predicted octanol–water partition coefficient (Wildman–Crippen LogP) is -0.220. The summed E-state index contributed by atoms with van der Waals surface area (Å²) in [6, 6.07) is 6.13. The molecule has 0 aliphatic heterocycles. The molecule has 1 atom stereocenters. The number of fused-ring (bicyclic) bond motifs is 1. The van der Waals surface area contributed by atoms with Crippen LogP contribution >= 0.6 is 0 Å². The van der Waals surface area contributed by atoms with Crippen molar-refractivity contribution < 1.29 is 44.0 Å². The van der Waals surface area contributed by atoms with E-state index in [9.17, 15) is 39.6 Å². The normalized spacial score (nSPS) is 13.5. The molecule has 4 aromatic rings. The fourth-order valence-electron chi connectivity index (χ4n) is 3.48. The molecular formula is C18H14F3N7O8S2. The molecule has 0 amide bonds. The summed E-state index contributed by atoms with van der Waals surface area (Å²) in [6.07, 6.45) is -7.78. The van der Waals surface area contributed by atoms with Crippen LogP contribution in [0.25, 0.3) is 33.6 Å². The molecule has 2 aromatic heterocycles. The second kappa shape index (κ2) is 9.31. The van der Waals surface area contributed by atoms with Crippen LogP contribution in [-0.4, -0.2) is 66.6 Å². The van der Waals surface area contributed by atoms with Gasteiger partial charge in [-0.05, 0) is 34.5 Å². The number of esters is 1. The third kappa shape index (κ3) is 5.27. The number of aromatic amines is 2. The highest BCUT2D eigenvalue weighted by Crippen LogP contribution is 2.39. The Labute approximate surface area is 208 Å². The summed E-state index contributed by atoms with van der Waals surface area (Å²) in [7, 11) is -9.82. The summed E-state index contributed by atoms with van der Waals surface area (Å²) in [5.41, 5.74) is 5.38. The molecule has 202 valence electrons. The molecule has 2 heterocycles. The largest absolute Gasteiger partial charge is 0.490 e. The minimum atomic E-state index is -5.46. The van der Waals surface area contributed by atoms with Gasteiger partial charge in [0.25, 0.3) is 0 Å². The molecular weight excluding hydrogens is 563 g/mol. The number of alkyl halides is 3. The number of halogens is 3. The maximum atomic E-state index is 13.1. The molecule has 0 saturated heterocycles. The Bertz CT molecular complexity index is 1810. The highest BCUT2D eigenvalue weighted by molar-refractivity contribution is 7.93. The van der Waals surface area contributed by atoms with Crippen molar-refractivity contribution in [3.8, 4) is 22.5 Å². The first-order chi connectivity index (χ1) is 17.6. The van der Waals surface area contributed by atoms with Crippen molar-refractivity contribution in [3.63, 3.8) is 0 Å². The Morgan fingerprint density at radius 3 is 2.47 bits per heavy atom. The summed E-state index contributed by atoms with van der Waals surface area (Å²) in [5, 5.41) is 18.2. The number of carbonyl (C=O) groups is 1. The molecule has 38 heavy (non-hydrogen) atoms. The Balaban J connectivity index is 1.92. The van der Waals surface area contributed by atoms with Crippen LogP contribution < -0.4 is 16.6 Å². The number of nitrogens with one attached hydrogen (secondary N) is 2. The maximum Gasteiger partial charge on any atom is 0.490 e. The quantitative estimate of drug-likeness (QED) is 0.164. The average Bonchev–Trinajstić information content (AvgIpc) is 3.44. The zero-order valence-electron chi connectivity index (χ0n) is 18.4. The molecule has 2 aromatic carbocycles. The summed E-state index contributed by atoms with van der Waals surface area (Å²) in [5.74, 6) is -5.39. The molecule has 0 radical (unpaired) electrons. The number of H-pyrrole nitrogens is 2. The van der Waals surface area contributed by atoms with Crippen LogP contribution in [0.5, 0.6) is 0 Å². The van der Waals surface area contributed by atoms with Gasteiger partial charge in [-0.2, -0.15) is 18.4 Å². The number of sulfonamides is 1. The lowest BCUT2D eigenvalue weighted by Crippen LogP contribution is -2.39. The first-order valence-corrected chi connectivity index (χ1v) is 13.1. The number of ether oxygens (including phenoxy) is 1. The van der Waals surface area contributed by atoms with Gasteiger partial charge < -0.3 is 9.15 Å². The van der Waals surface area contributed by atoms with E-state index in [2.05, 4.69) is 30.3 Å². The van der Waals surface area contributed by atoms with Crippen molar-refractivity contribution >= 4 is 36.9 Å².